The average Bonchev–Trinajstić information content (AvgIpc) is 3.13. The summed E-state index contributed by atoms with van der Waals surface area (Å²) in [6.45, 7) is 3.73. The van der Waals surface area contributed by atoms with E-state index in [0.717, 1.165) is 54.4 Å². The van der Waals surface area contributed by atoms with Crippen LogP contribution in [0.5, 0.6) is 0 Å². The highest BCUT2D eigenvalue weighted by Gasteiger charge is 2.31. The molecule has 0 radical (unpaired) electrons. The molecule has 3 aromatic heterocycles. The highest BCUT2D eigenvalue weighted by atomic mass is 16.3. The van der Waals surface area contributed by atoms with Crippen molar-refractivity contribution in [1.29, 1.82) is 0 Å². The van der Waals surface area contributed by atoms with E-state index >= 15 is 0 Å². The largest absolute Gasteiger partial charge is 0.390 e. The molecule has 0 saturated carbocycles. The predicted molar refractivity (Wildman–Crippen MR) is 81.8 cm³/mol. The van der Waals surface area contributed by atoms with Crippen LogP contribution in [0.25, 0.3) is 22.1 Å². The Labute approximate surface area is 122 Å². The summed E-state index contributed by atoms with van der Waals surface area (Å²) in [5.41, 5.74) is 2.37. The quantitative estimate of drug-likeness (QED) is 0.753. The molecule has 6 nitrogen and oxygen atoms in total. The number of pyridine rings is 1. The fourth-order valence-corrected chi connectivity index (χ4v) is 3.19. The minimum atomic E-state index is -0.502. The Bertz CT molecular complexity index is 782. The molecule has 0 bridgehead atoms. The summed E-state index contributed by atoms with van der Waals surface area (Å²) in [6.07, 6.45) is 7.97. The maximum absolute atomic E-state index is 10.4. The molecule has 0 unspecified atom stereocenters. The number of nitrogens with zero attached hydrogens (tertiary/aromatic N) is 4. The zero-order chi connectivity index (χ0) is 14.4. The van der Waals surface area contributed by atoms with E-state index in [1.54, 1.807) is 6.20 Å². The van der Waals surface area contributed by atoms with Crippen molar-refractivity contribution in [3.05, 3.63) is 24.8 Å². The van der Waals surface area contributed by atoms with Crippen molar-refractivity contribution in [1.82, 2.24) is 19.6 Å². The molecule has 4 heterocycles. The topological polar surface area (TPSA) is 70.0 Å². The molecule has 3 aromatic rings. The van der Waals surface area contributed by atoms with Gasteiger partial charge in [0.2, 0.25) is 0 Å². The van der Waals surface area contributed by atoms with Crippen LogP contribution in [0.15, 0.2) is 24.8 Å². The van der Waals surface area contributed by atoms with Crippen LogP contribution in [-0.4, -0.2) is 43.4 Å². The molecule has 21 heavy (non-hydrogen) atoms. The van der Waals surface area contributed by atoms with E-state index in [9.17, 15) is 5.11 Å². The zero-order valence-corrected chi connectivity index (χ0v) is 12.1. The third-order valence-electron chi connectivity index (χ3n) is 4.71. The number of H-pyrrole nitrogens is 1. The number of aromatic amines is 1. The summed E-state index contributed by atoms with van der Waals surface area (Å²) in [4.78, 5) is 12.0. The molecule has 0 atom stereocenters. The van der Waals surface area contributed by atoms with E-state index in [0.29, 0.717) is 0 Å². The Kier molecular flexibility index (Phi) is 2.68. The standard InChI is InChI=1S/C15H19N5O/c1-2-15(21)4-7-19(8-5-15)20-10-18-12-9-17-14-11(13(12)20)3-6-16-14/h3,6,9-10,21H,2,4-5,7-8H2,1H3,(H,16,17). The van der Waals surface area contributed by atoms with Gasteiger partial charge in [-0.2, -0.15) is 0 Å². The fourth-order valence-electron chi connectivity index (χ4n) is 3.19. The highest BCUT2D eigenvalue weighted by molar-refractivity contribution is 6.01. The minimum Gasteiger partial charge on any atom is -0.390 e. The summed E-state index contributed by atoms with van der Waals surface area (Å²) in [7, 11) is 0. The van der Waals surface area contributed by atoms with Crippen LogP contribution in [0.1, 0.15) is 26.2 Å². The molecule has 0 aliphatic carbocycles. The van der Waals surface area contributed by atoms with Gasteiger partial charge in [0.15, 0.2) is 0 Å². The smallest absolute Gasteiger partial charge is 0.139 e. The van der Waals surface area contributed by atoms with Gasteiger partial charge >= 0.3 is 0 Å². The van der Waals surface area contributed by atoms with Gasteiger partial charge in [-0.3, -0.25) is 0 Å². The van der Waals surface area contributed by atoms with Gasteiger partial charge in [-0.25, -0.2) is 14.6 Å². The molecule has 4 rings (SSSR count). The molecule has 6 heteroatoms. The van der Waals surface area contributed by atoms with Gasteiger partial charge in [0.05, 0.1) is 11.8 Å². The van der Waals surface area contributed by atoms with Crippen molar-refractivity contribution >= 4 is 22.1 Å². The normalized spacial score (nSPS) is 18.7. The van der Waals surface area contributed by atoms with E-state index in [2.05, 4.69) is 31.6 Å². The van der Waals surface area contributed by atoms with Crippen LogP contribution < -0.4 is 5.01 Å². The van der Waals surface area contributed by atoms with Gasteiger partial charge in [-0.1, -0.05) is 6.92 Å². The average molecular weight is 285 g/mol. The number of aliphatic hydroxyl groups is 1. The van der Waals surface area contributed by atoms with E-state index in [-0.39, 0.29) is 0 Å². The summed E-state index contributed by atoms with van der Waals surface area (Å²) >= 11 is 0. The Morgan fingerprint density at radius 2 is 2.14 bits per heavy atom. The second-order valence-electron chi connectivity index (χ2n) is 5.85. The van der Waals surface area contributed by atoms with Crippen molar-refractivity contribution in [2.45, 2.75) is 31.8 Å². The van der Waals surface area contributed by atoms with E-state index in [1.165, 1.54) is 0 Å². The lowest BCUT2D eigenvalue weighted by Crippen LogP contribution is -2.48. The second-order valence-corrected chi connectivity index (χ2v) is 5.85. The van der Waals surface area contributed by atoms with Crippen LogP contribution in [0.3, 0.4) is 0 Å². The first-order valence-electron chi connectivity index (χ1n) is 7.47. The van der Waals surface area contributed by atoms with Crippen LogP contribution in [0, 0.1) is 0 Å². The zero-order valence-electron chi connectivity index (χ0n) is 12.1. The summed E-state index contributed by atoms with van der Waals surface area (Å²) < 4.78 is 2.11. The monoisotopic (exact) mass is 285 g/mol. The summed E-state index contributed by atoms with van der Waals surface area (Å²) in [5.74, 6) is 0. The third-order valence-corrected chi connectivity index (χ3v) is 4.71. The molecule has 1 fully saturated rings. The maximum atomic E-state index is 10.4. The maximum Gasteiger partial charge on any atom is 0.139 e. The Balaban J connectivity index is 1.76. The number of hydrogen-bond donors (Lipinski definition) is 2. The molecule has 1 aliphatic rings. The Morgan fingerprint density at radius 3 is 2.90 bits per heavy atom. The van der Waals surface area contributed by atoms with Gasteiger partial charge < -0.3 is 15.1 Å². The second kappa shape index (κ2) is 4.46. The van der Waals surface area contributed by atoms with E-state index in [1.807, 2.05) is 18.6 Å². The van der Waals surface area contributed by atoms with Gasteiger partial charge in [0.25, 0.3) is 0 Å². The molecule has 1 saturated heterocycles. The molecule has 2 N–H and O–H groups in total. The van der Waals surface area contributed by atoms with Gasteiger partial charge in [-0.05, 0) is 25.3 Å². The predicted octanol–water partition coefficient (Wildman–Crippen LogP) is 1.79. The van der Waals surface area contributed by atoms with Crippen LogP contribution in [-0.2, 0) is 0 Å². The highest BCUT2D eigenvalue weighted by Crippen LogP contribution is 2.27. The number of imidazole rings is 1. The van der Waals surface area contributed by atoms with Gasteiger partial charge in [0, 0.05) is 24.7 Å². The van der Waals surface area contributed by atoms with Gasteiger partial charge in [0.1, 0.15) is 23.0 Å². The molecule has 0 aromatic carbocycles. The number of hydrogen-bond acceptors (Lipinski definition) is 4. The molecule has 110 valence electrons. The van der Waals surface area contributed by atoms with Crippen molar-refractivity contribution in [3.8, 4) is 0 Å². The Morgan fingerprint density at radius 1 is 1.33 bits per heavy atom. The van der Waals surface area contributed by atoms with Crippen molar-refractivity contribution in [3.63, 3.8) is 0 Å². The number of fused-ring (bicyclic) bond motifs is 3. The number of rotatable bonds is 2. The van der Waals surface area contributed by atoms with E-state index in [4.69, 9.17) is 0 Å². The van der Waals surface area contributed by atoms with Crippen molar-refractivity contribution < 1.29 is 5.11 Å². The number of piperidine rings is 1. The molecular weight excluding hydrogens is 266 g/mol. The molecule has 1 aliphatic heterocycles. The summed E-state index contributed by atoms with van der Waals surface area (Å²) in [6, 6.07) is 2.04. The first-order valence-corrected chi connectivity index (χ1v) is 7.47. The van der Waals surface area contributed by atoms with Crippen LogP contribution in [0.2, 0.25) is 0 Å². The molecule has 0 spiro atoms. The first kappa shape index (κ1) is 12.6. The lowest BCUT2D eigenvalue weighted by atomic mass is 9.90. The number of nitrogens with one attached hydrogen (secondary N) is 1. The third kappa shape index (κ3) is 1.90. The Hall–Kier alpha value is -2.08. The number of aromatic nitrogens is 4. The molecular formula is C15H19N5O. The molecule has 0 amide bonds. The van der Waals surface area contributed by atoms with Crippen LogP contribution in [0.4, 0.5) is 0 Å². The SMILES string of the molecule is CCC1(O)CCN(n2cnc3cnc4[nH]ccc4c32)CC1. The van der Waals surface area contributed by atoms with Crippen molar-refractivity contribution in [2.24, 2.45) is 0 Å². The lowest BCUT2D eigenvalue weighted by molar-refractivity contribution is 0.00863. The van der Waals surface area contributed by atoms with E-state index < -0.39 is 5.60 Å². The van der Waals surface area contributed by atoms with Gasteiger partial charge in [-0.15, -0.1) is 0 Å². The first-order chi connectivity index (χ1) is 10.2. The fraction of sp³-hybridized carbons (Fsp3) is 0.467. The lowest BCUT2D eigenvalue weighted by Gasteiger charge is -2.39. The van der Waals surface area contributed by atoms with Crippen molar-refractivity contribution in [2.75, 3.05) is 18.1 Å². The minimum absolute atomic E-state index is 0.502. The van der Waals surface area contributed by atoms with Crippen LogP contribution >= 0.6 is 0 Å². The summed E-state index contributed by atoms with van der Waals surface area (Å²) in [5, 5.41) is 13.7.